The van der Waals surface area contributed by atoms with Gasteiger partial charge in [-0.15, -0.1) is 0 Å². The second-order valence-electron chi connectivity index (χ2n) is 6.99. The third-order valence-electron chi connectivity index (χ3n) is 4.16. The lowest BCUT2D eigenvalue weighted by Gasteiger charge is -2.35. The van der Waals surface area contributed by atoms with E-state index in [1.807, 2.05) is 20.8 Å². The predicted molar refractivity (Wildman–Crippen MR) is 83.3 cm³/mol. The van der Waals surface area contributed by atoms with Crippen LogP contribution in [-0.4, -0.2) is 40.6 Å². The summed E-state index contributed by atoms with van der Waals surface area (Å²) in [5.41, 5.74) is -0.371. The average Bonchev–Trinajstić information content (AvgIpc) is 2.38. The number of carbonyl (C=O) groups is 2. The predicted octanol–water partition coefficient (Wildman–Crippen LogP) is 3.24. The largest absolute Gasteiger partial charge is 0.481 e. The van der Waals surface area contributed by atoms with E-state index < -0.39 is 5.97 Å². The number of nitrogens with one attached hydrogen (secondary N) is 1. The Bertz CT molecular complexity index is 344. The van der Waals surface area contributed by atoms with E-state index in [-0.39, 0.29) is 24.5 Å². The number of carboxylic acids is 1. The Balaban J connectivity index is 2.38. The minimum Gasteiger partial charge on any atom is -0.481 e. The molecule has 1 saturated carbocycles. The molecule has 1 rings (SSSR count). The fourth-order valence-corrected chi connectivity index (χ4v) is 2.90. The monoisotopic (exact) mass is 298 g/mol. The Hall–Kier alpha value is -1.26. The normalized spacial score (nSPS) is 16.5. The maximum Gasteiger partial charge on any atom is 0.317 e. The van der Waals surface area contributed by atoms with Crippen LogP contribution in [0.15, 0.2) is 0 Å². The lowest BCUT2D eigenvalue weighted by atomic mass is 9.87. The third-order valence-corrected chi connectivity index (χ3v) is 4.16. The highest BCUT2D eigenvalue weighted by Gasteiger charge is 2.26. The highest BCUT2D eigenvalue weighted by Crippen LogP contribution is 2.25. The second-order valence-corrected chi connectivity index (χ2v) is 6.99. The van der Waals surface area contributed by atoms with Gasteiger partial charge < -0.3 is 15.3 Å². The molecule has 0 saturated heterocycles. The molecule has 2 amide bonds. The molecule has 0 aromatic rings. The number of carbonyl (C=O) groups excluding carboxylic acids is 1. The van der Waals surface area contributed by atoms with Crippen LogP contribution in [0.1, 0.15) is 65.7 Å². The molecule has 0 spiro atoms. The summed E-state index contributed by atoms with van der Waals surface area (Å²) >= 11 is 0. The van der Waals surface area contributed by atoms with Crippen LogP contribution in [0.5, 0.6) is 0 Å². The third kappa shape index (κ3) is 6.82. The Morgan fingerprint density at radius 2 is 1.81 bits per heavy atom. The summed E-state index contributed by atoms with van der Waals surface area (Å²) in [5.74, 6) is -0.139. The van der Waals surface area contributed by atoms with E-state index in [4.69, 9.17) is 5.11 Å². The molecule has 21 heavy (non-hydrogen) atoms. The molecule has 1 fully saturated rings. The molecule has 0 atom stereocenters. The van der Waals surface area contributed by atoms with E-state index in [1.54, 1.807) is 4.90 Å². The number of aliphatic carboxylic acids is 1. The summed E-state index contributed by atoms with van der Waals surface area (Å²) in [4.78, 5) is 24.6. The topological polar surface area (TPSA) is 69.6 Å². The summed E-state index contributed by atoms with van der Waals surface area (Å²) in [5, 5.41) is 11.8. The van der Waals surface area contributed by atoms with Crippen LogP contribution in [0.3, 0.4) is 0 Å². The number of carboxylic acid groups (broad SMARTS) is 1. The van der Waals surface area contributed by atoms with Crippen molar-refractivity contribution in [2.75, 3.05) is 13.1 Å². The number of hydrogen-bond acceptors (Lipinski definition) is 2. The Kier molecular flexibility index (Phi) is 6.99. The zero-order chi connectivity index (χ0) is 15.9. The summed E-state index contributed by atoms with van der Waals surface area (Å²) in [7, 11) is 0. The van der Waals surface area contributed by atoms with E-state index in [1.165, 1.54) is 32.1 Å². The van der Waals surface area contributed by atoms with E-state index >= 15 is 0 Å². The second kappa shape index (κ2) is 8.25. The molecule has 1 aliphatic carbocycles. The van der Waals surface area contributed by atoms with Gasteiger partial charge in [-0.25, -0.2) is 4.79 Å². The molecule has 0 aromatic heterocycles. The van der Waals surface area contributed by atoms with Crippen LogP contribution >= 0.6 is 0 Å². The van der Waals surface area contributed by atoms with Crippen LogP contribution in [0, 0.1) is 5.92 Å². The highest BCUT2D eigenvalue weighted by molar-refractivity contribution is 5.76. The van der Waals surface area contributed by atoms with Gasteiger partial charge in [0.05, 0.1) is 6.42 Å². The quantitative estimate of drug-likeness (QED) is 0.791. The molecule has 0 aliphatic heterocycles. The average molecular weight is 298 g/mol. The molecule has 1 aliphatic rings. The Morgan fingerprint density at radius 1 is 1.19 bits per heavy atom. The van der Waals surface area contributed by atoms with Crippen LogP contribution in [0.25, 0.3) is 0 Å². The molecule has 5 nitrogen and oxygen atoms in total. The Labute approximate surface area is 128 Å². The van der Waals surface area contributed by atoms with Crippen molar-refractivity contribution in [3.05, 3.63) is 0 Å². The molecule has 2 N–H and O–H groups in total. The summed E-state index contributed by atoms with van der Waals surface area (Å²) in [6, 6.07) is -0.153. The van der Waals surface area contributed by atoms with E-state index in [0.29, 0.717) is 6.54 Å². The van der Waals surface area contributed by atoms with Crippen molar-refractivity contribution < 1.29 is 14.7 Å². The lowest BCUT2D eigenvalue weighted by molar-refractivity contribution is -0.137. The molecule has 0 aromatic carbocycles. The van der Waals surface area contributed by atoms with Gasteiger partial charge in [0.15, 0.2) is 0 Å². The van der Waals surface area contributed by atoms with Crippen molar-refractivity contribution in [1.29, 1.82) is 0 Å². The van der Waals surface area contributed by atoms with Gasteiger partial charge in [0.2, 0.25) is 0 Å². The van der Waals surface area contributed by atoms with Gasteiger partial charge in [0.1, 0.15) is 0 Å². The smallest absolute Gasteiger partial charge is 0.317 e. The summed E-state index contributed by atoms with van der Waals surface area (Å²) < 4.78 is 0. The van der Waals surface area contributed by atoms with Crippen molar-refractivity contribution in [2.45, 2.75) is 71.3 Å². The molecule has 0 radical (unpaired) electrons. The first kappa shape index (κ1) is 17.8. The number of hydrogen-bond donors (Lipinski definition) is 2. The fraction of sp³-hybridized carbons (Fsp3) is 0.875. The lowest BCUT2D eigenvalue weighted by Crippen LogP contribution is -2.51. The number of amides is 2. The fourth-order valence-electron chi connectivity index (χ4n) is 2.90. The van der Waals surface area contributed by atoms with Crippen molar-refractivity contribution in [3.63, 3.8) is 0 Å². The molecule has 0 bridgehead atoms. The molecular formula is C16H30N2O3. The summed E-state index contributed by atoms with van der Waals surface area (Å²) in [6.45, 7) is 6.71. The summed E-state index contributed by atoms with van der Waals surface area (Å²) in [6.07, 6.45) is 7.53. The molecule has 0 heterocycles. The van der Waals surface area contributed by atoms with Crippen LogP contribution < -0.4 is 5.32 Å². The SMILES string of the molecule is CC(C)(C)N(CCC(=O)O)C(=O)NCCC1CCCCC1. The number of rotatable bonds is 6. The maximum absolute atomic E-state index is 12.3. The first-order valence-electron chi connectivity index (χ1n) is 8.08. The van der Waals surface area contributed by atoms with Gasteiger partial charge in [-0.05, 0) is 33.1 Å². The minimum absolute atomic E-state index is 0.0205. The maximum atomic E-state index is 12.3. The van der Waals surface area contributed by atoms with Crippen molar-refractivity contribution >= 4 is 12.0 Å². The van der Waals surface area contributed by atoms with Gasteiger partial charge in [-0.3, -0.25) is 4.79 Å². The van der Waals surface area contributed by atoms with Gasteiger partial charge >= 0.3 is 12.0 Å². The molecule has 5 heteroatoms. The van der Waals surface area contributed by atoms with E-state index in [2.05, 4.69) is 5.32 Å². The van der Waals surface area contributed by atoms with E-state index in [0.717, 1.165) is 12.3 Å². The van der Waals surface area contributed by atoms with E-state index in [9.17, 15) is 9.59 Å². The molecule has 0 unspecified atom stereocenters. The minimum atomic E-state index is -0.876. The van der Waals surface area contributed by atoms with Crippen LogP contribution in [0.4, 0.5) is 4.79 Å². The van der Waals surface area contributed by atoms with Gasteiger partial charge in [0, 0.05) is 18.6 Å². The van der Waals surface area contributed by atoms with Crippen LogP contribution in [0.2, 0.25) is 0 Å². The molecule has 122 valence electrons. The first-order valence-corrected chi connectivity index (χ1v) is 8.08. The number of nitrogens with zero attached hydrogens (tertiary/aromatic N) is 1. The zero-order valence-electron chi connectivity index (χ0n) is 13.7. The van der Waals surface area contributed by atoms with Gasteiger partial charge in [-0.1, -0.05) is 32.1 Å². The van der Waals surface area contributed by atoms with Crippen molar-refractivity contribution in [1.82, 2.24) is 10.2 Å². The molecular weight excluding hydrogens is 268 g/mol. The van der Waals surface area contributed by atoms with Crippen molar-refractivity contribution in [2.24, 2.45) is 5.92 Å². The highest BCUT2D eigenvalue weighted by atomic mass is 16.4. The van der Waals surface area contributed by atoms with Gasteiger partial charge in [-0.2, -0.15) is 0 Å². The zero-order valence-corrected chi connectivity index (χ0v) is 13.7. The Morgan fingerprint density at radius 3 is 2.33 bits per heavy atom. The van der Waals surface area contributed by atoms with Crippen molar-refractivity contribution in [3.8, 4) is 0 Å². The first-order chi connectivity index (χ1) is 9.80. The van der Waals surface area contributed by atoms with Gasteiger partial charge in [0.25, 0.3) is 0 Å². The van der Waals surface area contributed by atoms with Crippen LogP contribution in [-0.2, 0) is 4.79 Å². The standard InChI is InChI=1S/C16H30N2O3/c1-16(2,3)18(12-10-14(19)20)15(21)17-11-9-13-7-5-4-6-8-13/h13H,4-12H2,1-3H3,(H,17,21)(H,19,20). The number of urea groups is 1.